The molecule has 0 saturated heterocycles. The number of hydrogen-bond acceptors (Lipinski definition) is 2. The fourth-order valence-corrected chi connectivity index (χ4v) is 1.18. The quantitative estimate of drug-likeness (QED) is 0.631. The highest BCUT2D eigenvalue weighted by Gasteiger charge is 1.97. The fourth-order valence-electron chi connectivity index (χ4n) is 0.892. The van der Waals surface area contributed by atoms with Crippen molar-refractivity contribution in [3.05, 3.63) is 29.3 Å². The average molecular weight is 163 g/mol. The molecular formula is C9H9NS. The van der Waals surface area contributed by atoms with Gasteiger partial charge in [0.25, 0.3) is 0 Å². The first kappa shape index (κ1) is 8.16. The average Bonchev–Trinajstić information content (AvgIpc) is 2.04. The number of rotatable bonds is 1. The predicted octanol–water partition coefficient (Wildman–Crippen LogP) is 2.41. The molecule has 0 atom stereocenters. The van der Waals surface area contributed by atoms with Gasteiger partial charge in [0, 0.05) is 4.90 Å². The zero-order valence-electron chi connectivity index (χ0n) is 6.33. The van der Waals surface area contributed by atoms with Crippen LogP contribution in [0.15, 0.2) is 23.1 Å². The maximum atomic E-state index is 8.58. The van der Waals surface area contributed by atoms with Crippen molar-refractivity contribution in [1.29, 1.82) is 5.26 Å². The number of nitrogens with zero attached hydrogens (tertiary/aromatic N) is 1. The Kier molecular flexibility index (Phi) is 2.56. The molecule has 0 unspecified atom stereocenters. The van der Waals surface area contributed by atoms with Crippen LogP contribution in [0.5, 0.6) is 0 Å². The number of hydrogen-bond donors (Lipinski definition) is 1. The van der Waals surface area contributed by atoms with Crippen LogP contribution in [0.4, 0.5) is 0 Å². The third-order valence-electron chi connectivity index (χ3n) is 1.59. The van der Waals surface area contributed by atoms with Crippen molar-refractivity contribution < 1.29 is 0 Å². The predicted molar refractivity (Wildman–Crippen MR) is 47.8 cm³/mol. The molecule has 0 aliphatic rings. The SMILES string of the molecule is CCc1ccc(C#N)c(S)c1. The first-order valence-corrected chi connectivity index (χ1v) is 3.94. The molecule has 11 heavy (non-hydrogen) atoms. The van der Waals surface area contributed by atoms with Crippen molar-refractivity contribution in [2.75, 3.05) is 0 Å². The first-order valence-electron chi connectivity index (χ1n) is 3.50. The Balaban J connectivity index is 3.12. The Morgan fingerprint density at radius 3 is 2.73 bits per heavy atom. The Labute approximate surface area is 72.1 Å². The number of thiol groups is 1. The smallest absolute Gasteiger partial charge is 0.100 e. The van der Waals surface area contributed by atoms with Crippen LogP contribution in [0.3, 0.4) is 0 Å². The summed E-state index contributed by atoms with van der Waals surface area (Å²) in [5, 5.41) is 8.58. The van der Waals surface area contributed by atoms with Gasteiger partial charge < -0.3 is 0 Å². The molecule has 0 aliphatic heterocycles. The van der Waals surface area contributed by atoms with E-state index in [9.17, 15) is 0 Å². The van der Waals surface area contributed by atoms with E-state index in [1.54, 1.807) is 6.07 Å². The van der Waals surface area contributed by atoms with Crippen molar-refractivity contribution in [2.45, 2.75) is 18.2 Å². The molecule has 0 spiro atoms. The Bertz CT molecular complexity index is 299. The number of nitriles is 1. The molecule has 0 N–H and O–H groups in total. The standard InChI is InChI=1S/C9H9NS/c1-2-7-3-4-8(6-10)9(11)5-7/h3-5,11H,2H2,1H3. The van der Waals surface area contributed by atoms with Gasteiger partial charge in [-0.1, -0.05) is 13.0 Å². The monoisotopic (exact) mass is 163 g/mol. The topological polar surface area (TPSA) is 23.8 Å². The van der Waals surface area contributed by atoms with Crippen LogP contribution in [0, 0.1) is 11.3 Å². The molecular weight excluding hydrogens is 154 g/mol. The lowest BCUT2D eigenvalue weighted by molar-refractivity contribution is 1.12. The minimum atomic E-state index is 0.644. The molecule has 1 aromatic rings. The Morgan fingerprint density at radius 1 is 1.55 bits per heavy atom. The summed E-state index contributed by atoms with van der Waals surface area (Å²) in [6, 6.07) is 7.77. The minimum absolute atomic E-state index is 0.644. The van der Waals surface area contributed by atoms with E-state index < -0.39 is 0 Å². The maximum absolute atomic E-state index is 8.58. The summed E-state index contributed by atoms with van der Waals surface area (Å²) in [6.45, 7) is 2.08. The molecule has 1 rings (SSSR count). The lowest BCUT2D eigenvalue weighted by Crippen LogP contribution is -1.82. The van der Waals surface area contributed by atoms with Crippen LogP contribution in [-0.2, 0) is 6.42 Å². The normalized spacial score (nSPS) is 9.18. The molecule has 0 bridgehead atoms. The second-order valence-corrected chi connectivity index (χ2v) is 2.80. The number of aryl methyl sites for hydroxylation is 1. The van der Waals surface area contributed by atoms with Crippen LogP contribution >= 0.6 is 12.6 Å². The first-order chi connectivity index (χ1) is 5.27. The van der Waals surface area contributed by atoms with Gasteiger partial charge in [0.1, 0.15) is 6.07 Å². The van der Waals surface area contributed by atoms with E-state index >= 15 is 0 Å². The molecule has 0 amide bonds. The molecule has 1 nitrogen and oxygen atoms in total. The molecule has 0 saturated carbocycles. The van der Waals surface area contributed by atoms with Crippen LogP contribution in [0.2, 0.25) is 0 Å². The zero-order valence-corrected chi connectivity index (χ0v) is 7.23. The second kappa shape index (κ2) is 3.45. The van der Waals surface area contributed by atoms with Gasteiger partial charge in [-0.05, 0) is 24.1 Å². The minimum Gasteiger partial charge on any atom is -0.192 e. The molecule has 2 heteroatoms. The fraction of sp³-hybridized carbons (Fsp3) is 0.222. The highest BCUT2D eigenvalue weighted by atomic mass is 32.1. The third kappa shape index (κ3) is 1.75. The zero-order chi connectivity index (χ0) is 8.27. The number of benzene rings is 1. The molecule has 0 heterocycles. The molecule has 0 aromatic heterocycles. The second-order valence-electron chi connectivity index (χ2n) is 2.32. The van der Waals surface area contributed by atoms with E-state index in [1.165, 1.54) is 5.56 Å². The van der Waals surface area contributed by atoms with E-state index in [1.807, 2.05) is 12.1 Å². The summed E-state index contributed by atoms with van der Waals surface area (Å²) in [7, 11) is 0. The summed E-state index contributed by atoms with van der Waals surface area (Å²) >= 11 is 4.18. The molecule has 56 valence electrons. The van der Waals surface area contributed by atoms with E-state index in [-0.39, 0.29) is 0 Å². The van der Waals surface area contributed by atoms with Crippen molar-refractivity contribution in [3.8, 4) is 6.07 Å². The maximum Gasteiger partial charge on any atom is 0.100 e. The third-order valence-corrected chi connectivity index (χ3v) is 1.96. The van der Waals surface area contributed by atoms with E-state index in [0.717, 1.165) is 11.3 Å². The van der Waals surface area contributed by atoms with E-state index in [2.05, 4.69) is 25.6 Å². The summed E-state index contributed by atoms with van der Waals surface area (Å²) in [4.78, 5) is 0.770. The molecule has 0 radical (unpaired) electrons. The highest BCUT2D eigenvalue weighted by molar-refractivity contribution is 7.80. The van der Waals surface area contributed by atoms with E-state index in [0.29, 0.717) is 5.56 Å². The largest absolute Gasteiger partial charge is 0.192 e. The van der Waals surface area contributed by atoms with Gasteiger partial charge >= 0.3 is 0 Å². The van der Waals surface area contributed by atoms with Gasteiger partial charge in [-0.25, -0.2) is 0 Å². The van der Waals surface area contributed by atoms with Crippen molar-refractivity contribution in [1.82, 2.24) is 0 Å². The van der Waals surface area contributed by atoms with Crippen LogP contribution in [0.1, 0.15) is 18.1 Å². The van der Waals surface area contributed by atoms with Crippen molar-refractivity contribution in [3.63, 3.8) is 0 Å². The van der Waals surface area contributed by atoms with Gasteiger partial charge in [-0.2, -0.15) is 5.26 Å². The van der Waals surface area contributed by atoms with Crippen molar-refractivity contribution in [2.24, 2.45) is 0 Å². The van der Waals surface area contributed by atoms with Crippen LogP contribution in [0.25, 0.3) is 0 Å². The van der Waals surface area contributed by atoms with Crippen LogP contribution < -0.4 is 0 Å². The van der Waals surface area contributed by atoms with Gasteiger partial charge in [0.05, 0.1) is 5.56 Å². The molecule has 0 fully saturated rings. The van der Waals surface area contributed by atoms with Gasteiger partial charge in [0.15, 0.2) is 0 Å². The van der Waals surface area contributed by atoms with Gasteiger partial charge in [-0.3, -0.25) is 0 Å². The molecule has 1 aromatic carbocycles. The molecule has 0 aliphatic carbocycles. The summed E-state index contributed by atoms with van der Waals surface area (Å²) < 4.78 is 0. The summed E-state index contributed by atoms with van der Waals surface area (Å²) in [5.41, 5.74) is 1.86. The lowest BCUT2D eigenvalue weighted by Gasteiger charge is -1.98. The summed E-state index contributed by atoms with van der Waals surface area (Å²) in [6.07, 6.45) is 0.985. The Hall–Kier alpha value is -0.940. The lowest BCUT2D eigenvalue weighted by atomic mass is 10.1. The summed E-state index contributed by atoms with van der Waals surface area (Å²) in [5.74, 6) is 0. The van der Waals surface area contributed by atoms with Gasteiger partial charge in [0.2, 0.25) is 0 Å². The highest BCUT2D eigenvalue weighted by Crippen LogP contribution is 2.14. The Morgan fingerprint density at radius 2 is 2.27 bits per heavy atom. The van der Waals surface area contributed by atoms with E-state index in [4.69, 9.17) is 5.26 Å². The van der Waals surface area contributed by atoms with Crippen LogP contribution in [-0.4, -0.2) is 0 Å². The van der Waals surface area contributed by atoms with Gasteiger partial charge in [-0.15, -0.1) is 12.6 Å². The van der Waals surface area contributed by atoms with Crippen molar-refractivity contribution >= 4 is 12.6 Å².